The number of nitrogens with one attached hydrogen (secondary N) is 1. The second kappa shape index (κ2) is 9.41. The molecule has 1 N–H and O–H groups in total. The van der Waals surface area contributed by atoms with Crippen LogP contribution in [0.4, 0.5) is 0 Å². The number of halogens is 1. The van der Waals surface area contributed by atoms with Gasteiger partial charge < -0.3 is 10.1 Å². The number of rotatable bonds is 9. The molecule has 0 saturated carbocycles. The first-order valence-corrected chi connectivity index (χ1v) is 8.35. The van der Waals surface area contributed by atoms with Crippen molar-refractivity contribution in [3.8, 4) is 5.75 Å². The number of hydrogen-bond donors (Lipinski definition) is 1. The summed E-state index contributed by atoms with van der Waals surface area (Å²) in [6.45, 7) is 9.06. The second-order valence-corrected chi connectivity index (χ2v) is 6.90. The number of methoxy groups -OCH3 is 1. The topological polar surface area (TPSA) is 21.3 Å². The molecule has 1 aromatic carbocycles. The molecule has 1 unspecified atom stereocenters. The van der Waals surface area contributed by atoms with Gasteiger partial charge in [-0.1, -0.05) is 36.7 Å². The summed E-state index contributed by atoms with van der Waals surface area (Å²) < 4.78 is 6.55. The molecule has 0 heterocycles. The predicted molar refractivity (Wildman–Crippen MR) is 90.5 cm³/mol. The molecule has 0 amide bonds. The van der Waals surface area contributed by atoms with Crippen LogP contribution in [0.1, 0.15) is 39.2 Å². The Morgan fingerprint density at radius 3 is 2.60 bits per heavy atom. The monoisotopic (exact) mass is 341 g/mol. The third kappa shape index (κ3) is 6.76. The molecule has 0 aliphatic rings. The molecule has 1 atom stereocenters. The Balaban J connectivity index is 2.33. The fraction of sp³-hybridized carbons (Fsp3) is 0.647. The van der Waals surface area contributed by atoms with Crippen molar-refractivity contribution in [1.82, 2.24) is 5.32 Å². The van der Waals surface area contributed by atoms with E-state index in [1.165, 1.54) is 18.4 Å². The van der Waals surface area contributed by atoms with Gasteiger partial charge in [0.1, 0.15) is 5.75 Å². The maximum Gasteiger partial charge on any atom is 0.122 e. The van der Waals surface area contributed by atoms with Crippen LogP contribution in [-0.4, -0.2) is 20.2 Å². The summed E-state index contributed by atoms with van der Waals surface area (Å²) in [4.78, 5) is 0. The van der Waals surface area contributed by atoms with Gasteiger partial charge in [-0.3, -0.25) is 0 Å². The molecule has 114 valence electrons. The Bertz CT molecular complexity index is 393. The fourth-order valence-corrected chi connectivity index (χ4v) is 2.64. The van der Waals surface area contributed by atoms with Crippen LogP contribution in [0.2, 0.25) is 0 Å². The molecule has 0 radical (unpaired) electrons. The number of aryl methyl sites for hydroxylation is 1. The van der Waals surface area contributed by atoms with E-state index in [0.29, 0.717) is 0 Å². The largest absolute Gasteiger partial charge is 0.496 e. The van der Waals surface area contributed by atoms with Crippen molar-refractivity contribution in [2.75, 3.05) is 20.2 Å². The Labute approximate surface area is 132 Å². The molecule has 0 aliphatic carbocycles. The van der Waals surface area contributed by atoms with Gasteiger partial charge in [0.15, 0.2) is 0 Å². The lowest BCUT2D eigenvalue weighted by Crippen LogP contribution is -2.22. The van der Waals surface area contributed by atoms with Gasteiger partial charge in [0.05, 0.1) is 7.11 Å². The van der Waals surface area contributed by atoms with E-state index < -0.39 is 0 Å². The first kappa shape index (κ1) is 17.5. The summed E-state index contributed by atoms with van der Waals surface area (Å²) >= 11 is 3.53. The summed E-state index contributed by atoms with van der Waals surface area (Å²) in [5.41, 5.74) is 1.30. The van der Waals surface area contributed by atoms with E-state index in [9.17, 15) is 0 Å². The third-order valence-electron chi connectivity index (χ3n) is 3.52. The standard InChI is InChI=1S/C17H28BrNO/c1-13(2)12-19-10-9-14(3)5-6-15-11-16(18)7-8-17(15)20-4/h7-8,11,13-14,19H,5-6,9-10,12H2,1-4H3. The SMILES string of the molecule is COc1ccc(Br)cc1CCC(C)CCNCC(C)C. The van der Waals surface area contributed by atoms with E-state index in [2.05, 4.69) is 48.1 Å². The van der Waals surface area contributed by atoms with Gasteiger partial charge in [-0.05, 0) is 68.0 Å². The minimum absolute atomic E-state index is 0.733. The predicted octanol–water partition coefficient (Wildman–Crippen LogP) is 4.66. The van der Waals surface area contributed by atoms with Gasteiger partial charge in [0.2, 0.25) is 0 Å². The molecule has 0 spiro atoms. The van der Waals surface area contributed by atoms with Gasteiger partial charge in [-0.15, -0.1) is 0 Å². The minimum Gasteiger partial charge on any atom is -0.496 e. The molecule has 0 bridgehead atoms. The van der Waals surface area contributed by atoms with E-state index in [1.807, 2.05) is 12.1 Å². The summed E-state index contributed by atoms with van der Waals surface area (Å²) in [6.07, 6.45) is 3.52. The van der Waals surface area contributed by atoms with Crippen molar-refractivity contribution in [2.45, 2.75) is 40.0 Å². The summed E-state index contributed by atoms with van der Waals surface area (Å²) in [7, 11) is 1.74. The molecule has 1 rings (SSSR count). The average molecular weight is 342 g/mol. The maximum atomic E-state index is 5.42. The first-order chi connectivity index (χ1) is 9.52. The van der Waals surface area contributed by atoms with Crippen LogP contribution in [0.25, 0.3) is 0 Å². The van der Waals surface area contributed by atoms with Crippen LogP contribution in [0.5, 0.6) is 5.75 Å². The zero-order valence-electron chi connectivity index (χ0n) is 13.2. The summed E-state index contributed by atoms with van der Waals surface area (Å²) in [6, 6.07) is 6.23. The summed E-state index contributed by atoms with van der Waals surface area (Å²) in [5.74, 6) is 2.47. The lowest BCUT2D eigenvalue weighted by atomic mass is 9.97. The smallest absolute Gasteiger partial charge is 0.122 e. The maximum absolute atomic E-state index is 5.42. The number of ether oxygens (including phenoxy) is 1. The van der Waals surface area contributed by atoms with Crippen molar-refractivity contribution in [2.24, 2.45) is 11.8 Å². The van der Waals surface area contributed by atoms with Crippen molar-refractivity contribution in [1.29, 1.82) is 0 Å². The lowest BCUT2D eigenvalue weighted by Gasteiger charge is -2.14. The lowest BCUT2D eigenvalue weighted by molar-refractivity contribution is 0.404. The van der Waals surface area contributed by atoms with E-state index in [1.54, 1.807) is 7.11 Å². The van der Waals surface area contributed by atoms with Crippen LogP contribution >= 0.6 is 15.9 Å². The minimum atomic E-state index is 0.733. The highest BCUT2D eigenvalue weighted by Gasteiger charge is 2.07. The van der Waals surface area contributed by atoms with E-state index >= 15 is 0 Å². The second-order valence-electron chi connectivity index (χ2n) is 5.99. The molecular weight excluding hydrogens is 314 g/mol. The number of hydrogen-bond acceptors (Lipinski definition) is 2. The summed E-state index contributed by atoms with van der Waals surface area (Å²) in [5, 5.41) is 3.51. The Morgan fingerprint density at radius 2 is 1.95 bits per heavy atom. The molecule has 3 heteroatoms. The zero-order chi connectivity index (χ0) is 15.0. The van der Waals surface area contributed by atoms with Crippen molar-refractivity contribution in [3.05, 3.63) is 28.2 Å². The highest BCUT2D eigenvalue weighted by Crippen LogP contribution is 2.25. The molecule has 0 saturated heterocycles. The molecule has 2 nitrogen and oxygen atoms in total. The molecule has 20 heavy (non-hydrogen) atoms. The van der Waals surface area contributed by atoms with Crippen LogP contribution in [0.3, 0.4) is 0 Å². The molecule has 1 aromatic rings. The zero-order valence-corrected chi connectivity index (χ0v) is 14.8. The van der Waals surface area contributed by atoms with Crippen molar-refractivity contribution >= 4 is 15.9 Å². The van der Waals surface area contributed by atoms with Gasteiger partial charge in [0.25, 0.3) is 0 Å². The normalized spacial score (nSPS) is 12.7. The van der Waals surface area contributed by atoms with Crippen LogP contribution < -0.4 is 10.1 Å². The van der Waals surface area contributed by atoms with E-state index in [4.69, 9.17) is 4.74 Å². The number of benzene rings is 1. The highest BCUT2D eigenvalue weighted by molar-refractivity contribution is 9.10. The molecule has 0 aromatic heterocycles. The van der Waals surface area contributed by atoms with Crippen molar-refractivity contribution in [3.63, 3.8) is 0 Å². The van der Waals surface area contributed by atoms with E-state index in [0.717, 1.165) is 41.6 Å². The van der Waals surface area contributed by atoms with Crippen LogP contribution in [0, 0.1) is 11.8 Å². The van der Waals surface area contributed by atoms with Gasteiger partial charge in [-0.25, -0.2) is 0 Å². The van der Waals surface area contributed by atoms with Crippen molar-refractivity contribution < 1.29 is 4.74 Å². The van der Waals surface area contributed by atoms with E-state index in [-0.39, 0.29) is 0 Å². The molecular formula is C17H28BrNO. The highest BCUT2D eigenvalue weighted by atomic mass is 79.9. The quantitative estimate of drug-likeness (QED) is 0.659. The Hall–Kier alpha value is -0.540. The average Bonchev–Trinajstić information content (AvgIpc) is 2.41. The van der Waals surface area contributed by atoms with Crippen LogP contribution in [-0.2, 0) is 6.42 Å². The van der Waals surface area contributed by atoms with Gasteiger partial charge in [-0.2, -0.15) is 0 Å². The Kier molecular flexibility index (Phi) is 8.24. The van der Waals surface area contributed by atoms with Crippen LogP contribution in [0.15, 0.2) is 22.7 Å². The molecule has 0 aliphatic heterocycles. The molecule has 0 fully saturated rings. The van der Waals surface area contributed by atoms with Gasteiger partial charge >= 0.3 is 0 Å². The first-order valence-electron chi connectivity index (χ1n) is 7.56. The fourth-order valence-electron chi connectivity index (χ4n) is 2.23. The van der Waals surface area contributed by atoms with Gasteiger partial charge in [0, 0.05) is 4.47 Å². The Morgan fingerprint density at radius 1 is 1.20 bits per heavy atom. The third-order valence-corrected chi connectivity index (χ3v) is 4.01.